The standard InChI is InChI=1S/C63H42N2S/c1-4-19-43(20-5-1)44-37-39-49(40-38-44)64(51-28-17-24-47(42-51)63(46-22-6-2-7-23-46)57-34-13-10-29-53(57)54-30-11-14-35-58(54)63)50-27-16-21-45(41-50)52-32-18-33-56-60-62(66-61(52)56)55-31-12-15-36-59(55)65(60)48-25-8-3-9-26-48/h1-42H. The molecule has 0 spiro atoms. The van der Waals surface area contributed by atoms with Crippen LogP contribution in [0.1, 0.15) is 22.3 Å². The molecule has 0 radical (unpaired) electrons. The Morgan fingerprint density at radius 2 is 0.879 bits per heavy atom. The van der Waals surface area contributed by atoms with E-state index < -0.39 is 5.41 Å². The third-order valence-electron chi connectivity index (χ3n) is 13.7. The smallest absolute Gasteiger partial charge is 0.0727 e. The van der Waals surface area contributed by atoms with Crippen molar-refractivity contribution in [2.75, 3.05) is 4.90 Å². The van der Waals surface area contributed by atoms with Gasteiger partial charge in [0.2, 0.25) is 0 Å². The molecule has 0 amide bonds. The Hall–Kier alpha value is -8.24. The van der Waals surface area contributed by atoms with E-state index in [2.05, 4.69) is 264 Å². The minimum Gasteiger partial charge on any atom is -0.310 e. The third kappa shape index (κ3) is 5.87. The summed E-state index contributed by atoms with van der Waals surface area (Å²) in [7, 11) is 0. The van der Waals surface area contributed by atoms with Crippen molar-refractivity contribution in [1.29, 1.82) is 0 Å². The van der Waals surface area contributed by atoms with Crippen LogP contribution in [0.15, 0.2) is 255 Å². The number of anilines is 3. The number of hydrogen-bond acceptors (Lipinski definition) is 2. The Bertz CT molecular complexity index is 3710. The number of hydrogen-bond donors (Lipinski definition) is 0. The maximum Gasteiger partial charge on any atom is 0.0727 e. The molecule has 10 aromatic carbocycles. The van der Waals surface area contributed by atoms with E-state index in [1.807, 2.05) is 11.3 Å². The maximum atomic E-state index is 2.45. The van der Waals surface area contributed by atoms with Gasteiger partial charge in [0.1, 0.15) is 0 Å². The molecule has 0 fully saturated rings. The minimum absolute atomic E-state index is 0.517. The summed E-state index contributed by atoms with van der Waals surface area (Å²) < 4.78 is 5.05. The van der Waals surface area contributed by atoms with Gasteiger partial charge in [-0.1, -0.05) is 200 Å². The van der Waals surface area contributed by atoms with Crippen molar-refractivity contribution in [3.05, 3.63) is 277 Å². The van der Waals surface area contributed by atoms with Crippen LogP contribution in [0.3, 0.4) is 0 Å². The fraction of sp³-hybridized carbons (Fsp3) is 0.0159. The van der Waals surface area contributed by atoms with Crippen molar-refractivity contribution in [2.24, 2.45) is 0 Å². The maximum absolute atomic E-state index is 2.45. The quantitative estimate of drug-likeness (QED) is 0.148. The Balaban J connectivity index is 1.01. The molecule has 0 bridgehead atoms. The lowest BCUT2D eigenvalue weighted by Gasteiger charge is -2.35. The van der Waals surface area contributed by atoms with Crippen LogP contribution in [0.4, 0.5) is 17.1 Å². The molecule has 0 saturated carbocycles. The molecule has 12 aromatic rings. The molecule has 1 aliphatic rings. The highest BCUT2D eigenvalue weighted by Gasteiger charge is 2.46. The highest BCUT2D eigenvalue weighted by molar-refractivity contribution is 7.27. The number of aromatic nitrogens is 1. The Morgan fingerprint density at radius 3 is 1.62 bits per heavy atom. The number of rotatable bonds is 8. The number of thiophene rings is 1. The molecule has 2 aromatic heterocycles. The van der Waals surface area contributed by atoms with Gasteiger partial charge in [0, 0.05) is 38.2 Å². The second-order valence-electron chi connectivity index (χ2n) is 17.2. The Kier molecular flexibility index (Phi) is 8.97. The summed E-state index contributed by atoms with van der Waals surface area (Å²) in [4.78, 5) is 2.44. The molecule has 1 aliphatic carbocycles. The molecule has 0 aliphatic heterocycles. The van der Waals surface area contributed by atoms with Gasteiger partial charge in [-0.15, -0.1) is 11.3 Å². The summed E-state index contributed by atoms with van der Waals surface area (Å²) in [5.41, 5.74) is 18.9. The second kappa shape index (κ2) is 15.5. The summed E-state index contributed by atoms with van der Waals surface area (Å²) >= 11 is 1.90. The van der Waals surface area contributed by atoms with Gasteiger partial charge in [-0.2, -0.15) is 0 Å². The first-order valence-electron chi connectivity index (χ1n) is 22.7. The van der Waals surface area contributed by atoms with Crippen LogP contribution >= 0.6 is 11.3 Å². The zero-order valence-corrected chi connectivity index (χ0v) is 36.9. The topological polar surface area (TPSA) is 8.17 Å². The molecule has 0 N–H and O–H groups in total. The SMILES string of the molecule is c1ccc(-c2ccc(N(c3cccc(-c4cccc5c4sc4c6ccccc6n(-c6ccccc6)c54)c3)c3cccc(C4(c5ccccc5)c5ccccc5-c5ccccc54)c3)cc2)cc1. The first kappa shape index (κ1) is 38.2. The van der Waals surface area contributed by atoms with E-state index in [1.54, 1.807) is 0 Å². The zero-order chi connectivity index (χ0) is 43.6. The van der Waals surface area contributed by atoms with E-state index in [-0.39, 0.29) is 0 Å². The van der Waals surface area contributed by atoms with Crippen molar-refractivity contribution < 1.29 is 0 Å². The average Bonchev–Trinajstić information content (AvgIpc) is 4.04. The molecule has 2 heterocycles. The van der Waals surface area contributed by atoms with Crippen molar-refractivity contribution in [1.82, 2.24) is 4.57 Å². The average molecular weight is 859 g/mol. The summed E-state index contributed by atoms with van der Waals surface area (Å²) in [5, 5.41) is 2.55. The van der Waals surface area contributed by atoms with Crippen LogP contribution in [0, 0.1) is 0 Å². The molecule has 0 atom stereocenters. The van der Waals surface area contributed by atoms with Crippen molar-refractivity contribution in [2.45, 2.75) is 5.41 Å². The molecule has 0 saturated heterocycles. The highest BCUT2D eigenvalue weighted by atomic mass is 32.1. The summed E-state index contributed by atoms with van der Waals surface area (Å²) in [6, 6.07) is 93.6. The van der Waals surface area contributed by atoms with Gasteiger partial charge in [0.25, 0.3) is 0 Å². The Morgan fingerprint density at radius 1 is 0.348 bits per heavy atom. The second-order valence-corrected chi connectivity index (χ2v) is 18.2. The molecule has 13 rings (SSSR count). The van der Waals surface area contributed by atoms with Crippen LogP contribution in [-0.2, 0) is 5.41 Å². The van der Waals surface area contributed by atoms with Gasteiger partial charge in [-0.05, 0) is 110 Å². The molecule has 310 valence electrons. The van der Waals surface area contributed by atoms with Crippen molar-refractivity contribution in [3.63, 3.8) is 0 Å². The lowest BCUT2D eigenvalue weighted by molar-refractivity contribution is 0.768. The summed E-state index contributed by atoms with van der Waals surface area (Å²) in [6.07, 6.45) is 0. The van der Waals surface area contributed by atoms with Crippen LogP contribution < -0.4 is 4.90 Å². The molecule has 0 unspecified atom stereocenters. The van der Waals surface area contributed by atoms with Gasteiger partial charge in [0.05, 0.1) is 21.1 Å². The van der Waals surface area contributed by atoms with Crippen LogP contribution in [0.25, 0.3) is 70.3 Å². The van der Waals surface area contributed by atoms with Gasteiger partial charge < -0.3 is 9.47 Å². The van der Waals surface area contributed by atoms with Crippen LogP contribution in [-0.4, -0.2) is 4.57 Å². The van der Waals surface area contributed by atoms with E-state index in [1.165, 1.54) is 92.5 Å². The predicted octanol–water partition coefficient (Wildman–Crippen LogP) is 17.2. The fourth-order valence-electron chi connectivity index (χ4n) is 10.8. The number of benzene rings is 10. The summed E-state index contributed by atoms with van der Waals surface area (Å²) in [5.74, 6) is 0. The van der Waals surface area contributed by atoms with Crippen LogP contribution in [0.2, 0.25) is 0 Å². The number of fused-ring (bicyclic) bond motifs is 8. The first-order chi connectivity index (χ1) is 32.8. The number of nitrogens with zero attached hydrogens (tertiary/aromatic N) is 2. The lowest BCUT2D eigenvalue weighted by atomic mass is 9.67. The fourth-order valence-corrected chi connectivity index (χ4v) is 12.2. The van der Waals surface area contributed by atoms with Gasteiger partial charge >= 0.3 is 0 Å². The predicted molar refractivity (Wildman–Crippen MR) is 279 cm³/mol. The van der Waals surface area contributed by atoms with Crippen molar-refractivity contribution in [3.8, 4) is 39.1 Å². The normalized spacial score (nSPS) is 12.7. The molecular formula is C63H42N2S. The van der Waals surface area contributed by atoms with Gasteiger partial charge in [-0.3, -0.25) is 0 Å². The van der Waals surface area contributed by atoms with Crippen LogP contribution in [0.5, 0.6) is 0 Å². The molecule has 2 nitrogen and oxygen atoms in total. The lowest BCUT2D eigenvalue weighted by Crippen LogP contribution is -2.28. The highest BCUT2D eigenvalue weighted by Crippen LogP contribution is 2.57. The first-order valence-corrected chi connectivity index (χ1v) is 23.5. The summed E-state index contributed by atoms with van der Waals surface area (Å²) in [6.45, 7) is 0. The van der Waals surface area contributed by atoms with Crippen molar-refractivity contribution >= 4 is 59.6 Å². The van der Waals surface area contributed by atoms with Gasteiger partial charge in [0.15, 0.2) is 0 Å². The van der Waals surface area contributed by atoms with E-state index >= 15 is 0 Å². The number of para-hydroxylation sites is 2. The van der Waals surface area contributed by atoms with Gasteiger partial charge in [-0.25, -0.2) is 0 Å². The molecular weight excluding hydrogens is 817 g/mol. The van der Waals surface area contributed by atoms with E-state index in [0.29, 0.717) is 0 Å². The van der Waals surface area contributed by atoms with E-state index in [0.717, 1.165) is 17.1 Å². The minimum atomic E-state index is -0.517. The molecule has 66 heavy (non-hydrogen) atoms. The zero-order valence-electron chi connectivity index (χ0n) is 36.1. The Labute approximate surface area is 388 Å². The monoisotopic (exact) mass is 858 g/mol. The largest absolute Gasteiger partial charge is 0.310 e. The van der Waals surface area contributed by atoms with E-state index in [9.17, 15) is 0 Å². The third-order valence-corrected chi connectivity index (χ3v) is 14.9. The van der Waals surface area contributed by atoms with E-state index in [4.69, 9.17) is 0 Å². The molecule has 3 heteroatoms.